The maximum Gasteiger partial charge on any atom is 0.207 e. The van der Waals surface area contributed by atoms with Gasteiger partial charge in [0.2, 0.25) is 5.90 Å². The summed E-state index contributed by atoms with van der Waals surface area (Å²) >= 11 is 11.6. The number of hydrogen-bond donors (Lipinski definition) is 0. The molecule has 0 amide bonds. The third-order valence-corrected chi connectivity index (χ3v) is 4.76. The van der Waals surface area contributed by atoms with Gasteiger partial charge in [0, 0.05) is 10.6 Å². The van der Waals surface area contributed by atoms with Crippen LogP contribution in [0.2, 0.25) is 5.02 Å². The average Bonchev–Trinajstić information content (AvgIpc) is 2.65. The summed E-state index contributed by atoms with van der Waals surface area (Å²) in [6.45, 7) is 4.09. The molecule has 1 unspecified atom stereocenters. The maximum absolute atomic E-state index is 6.08. The summed E-state index contributed by atoms with van der Waals surface area (Å²) in [6.07, 6.45) is 2.39. The number of hydrogen-bond acceptors (Lipinski definition) is 4. The van der Waals surface area contributed by atoms with Crippen LogP contribution in [-0.4, -0.2) is 23.3 Å². The first-order valence-electron chi connectivity index (χ1n) is 8.15. The molecular formula is C20H15ClN2O2S. The molecule has 2 aliphatic heterocycles. The molecule has 0 saturated heterocycles. The molecule has 0 saturated carbocycles. The van der Waals surface area contributed by atoms with Gasteiger partial charge in [-0.2, -0.15) is 4.99 Å². The van der Waals surface area contributed by atoms with Crippen molar-refractivity contribution in [2.24, 2.45) is 15.9 Å². The summed E-state index contributed by atoms with van der Waals surface area (Å²) in [5.41, 5.74) is 1.84. The second kappa shape index (κ2) is 7.02. The normalized spacial score (nSPS) is 18.0. The Bertz CT molecular complexity index is 968. The van der Waals surface area contributed by atoms with Gasteiger partial charge in [0.25, 0.3) is 0 Å². The number of nitrogens with zero attached hydrogens (tertiary/aromatic N) is 2. The van der Waals surface area contributed by atoms with Crippen LogP contribution in [-0.2, 0) is 6.42 Å². The molecule has 1 atom stereocenters. The van der Waals surface area contributed by atoms with Crippen molar-refractivity contribution in [3.8, 4) is 11.5 Å². The van der Waals surface area contributed by atoms with E-state index < -0.39 is 0 Å². The van der Waals surface area contributed by atoms with Crippen molar-refractivity contribution in [2.45, 2.75) is 6.42 Å². The fourth-order valence-corrected chi connectivity index (χ4v) is 3.38. The summed E-state index contributed by atoms with van der Waals surface area (Å²) in [6, 6.07) is 13.1. The molecule has 0 N–H and O–H groups in total. The van der Waals surface area contributed by atoms with E-state index in [1.807, 2.05) is 36.4 Å². The first kappa shape index (κ1) is 16.9. The lowest BCUT2D eigenvalue weighted by Crippen LogP contribution is -2.36. The molecule has 0 spiro atoms. The minimum Gasteiger partial charge on any atom is -0.490 e. The lowest BCUT2D eigenvalue weighted by molar-refractivity contribution is 0.363. The van der Waals surface area contributed by atoms with Crippen LogP contribution in [0.15, 0.2) is 65.1 Å². The van der Waals surface area contributed by atoms with E-state index in [2.05, 4.69) is 16.6 Å². The van der Waals surface area contributed by atoms with Crippen LogP contribution in [0.1, 0.15) is 11.1 Å². The fourth-order valence-electron chi connectivity index (χ4n) is 2.91. The lowest BCUT2D eigenvalue weighted by Gasteiger charge is -2.28. The number of rotatable bonds is 4. The highest BCUT2D eigenvalue weighted by Crippen LogP contribution is 2.33. The summed E-state index contributed by atoms with van der Waals surface area (Å²) in [5.74, 6) is 2.45. The SMILES string of the molecule is C=CCOc1cccc(C2=NC(=S)C3Cc4cc(Cl)ccc4OC3=N2)c1. The Hall–Kier alpha value is -2.50. The molecule has 4 nitrogen and oxygen atoms in total. The molecule has 130 valence electrons. The van der Waals surface area contributed by atoms with Crippen LogP contribution in [0.4, 0.5) is 0 Å². The van der Waals surface area contributed by atoms with Crippen LogP contribution in [0.5, 0.6) is 11.5 Å². The minimum atomic E-state index is -0.139. The van der Waals surface area contributed by atoms with E-state index in [0.717, 1.165) is 22.6 Å². The van der Waals surface area contributed by atoms with Crippen LogP contribution < -0.4 is 9.47 Å². The standard InChI is InChI=1S/C20H15ClN2O2S/c1-2-8-24-15-5-3-4-12(10-15)18-22-19-16(20(26)23-18)11-13-9-14(21)6-7-17(13)25-19/h2-7,9-10,16H,1,8,11H2. The predicted octanol–water partition coefficient (Wildman–Crippen LogP) is 4.64. The maximum atomic E-state index is 6.08. The second-order valence-corrected chi connectivity index (χ2v) is 6.82. The molecule has 0 aliphatic carbocycles. The Morgan fingerprint density at radius 2 is 2.15 bits per heavy atom. The first-order valence-corrected chi connectivity index (χ1v) is 8.94. The molecular weight excluding hydrogens is 368 g/mol. The third kappa shape index (κ3) is 3.28. The topological polar surface area (TPSA) is 43.2 Å². The lowest BCUT2D eigenvalue weighted by atomic mass is 9.94. The third-order valence-electron chi connectivity index (χ3n) is 4.15. The van der Waals surface area contributed by atoms with Gasteiger partial charge in [-0.3, -0.25) is 0 Å². The number of halogens is 1. The number of benzene rings is 2. The monoisotopic (exact) mass is 382 g/mol. The van der Waals surface area contributed by atoms with E-state index in [0.29, 0.717) is 34.8 Å². The summed E-state index contributed by atoms with van der Waals surface area (Å²) in [7, 11) is 0. The summed E-state index contributed by atoms with van der Waals surface area (Å²) in [5, 5.41) is 0.676. The number of ether oxygens (including phenoxy) is 2. The predicted molar refractivity (Wildman–Crippen MR) is 108 cm³/mol. The molecule has 0 radical (unpaired) electrons. The molecule has 0 aromatic heterocycles. The number of amidine groups is 1. The Kier molecular flexibility index (Phi) is 4.57. The van der Waals surface area contributed by atoms with E-state index in [9.17, 15) is 0 Å². The van der Waals surface area contributed by atoms with Crippen LogP contribution in [0, 0.1) is 5.92 Å². The van der Waals surface area contributed by atoms with Gasteiger partial charge >= 0.3 is 0 Å². The van der Waals surface area contributed by atoms with Crippen molar-refractivity contribution in [3.05, 3.63) is 71.3 Å². The van der Waals surface area contributed by atoms with Crippen LogP contribution in [0.25, 0.3) is 0 Å². The van der Waals surface area contributed by atoms with Crippen molar-refractivity contribution < 1.29 is 9.47 Å². The summed E-state index contributed by atoms with van der Waals surface area (Å²) < 4.78 is 11.6. The Morgan fingerprint density at radius 1 is 1.27 bits per heavy atom. The smallest absolute Gasteiger partial charge is 0.207 e. The molecule has 4 rings (SSSR count). The Morgan fingerprint density at radius 3 is 3.00 bits per heavy atom. The zero-order valence-corrected chi connectivity index (χ0v) is 15.4. The van der Waals surface area contributed by atoms with Crippen molar-refractivity contribution >= 4 is 40.5 Å². The quantitative estimate of drug-likeness (QED) is 0.571. The first-order chi connectivity index (χ1) is 12.6. The van der Waals surface area contributed by atoms with Gasteiger partial charge in [-0.25, -0.2) is 4.99 Å². The van der Waals surface area contributed by atoms with Gasteiger partial charge in [0.05, 0.1) is 5.92 Å². The van der Waals surface area contributed by atoms with Gasteiger partial charge < -0.3 is 9.47 Å². The highest BCUT2D eigenvalue weighted by molar-refractivity contribution is 7.80. The molecule has 26 heavy (non-hydrogen) atoms. The highest BCUT2D eigenvalue weighted by atomic mass is 35.5. The molecule has 0 fully saturated rings. The molecule has 6 heteroatoms. The molecule has 2 aromatic rings. The summed E-state index contributed by atoms with van der Waals surface area (Å²) in [4.78, 5) is 9.70. The zero-order valence-electron chi connectivity index (χ0n) is 13.8. The van der Waals surface area contributed by atoms with Crippen LogP contribution in [0.3, 0.4) is 0 Å². The number of thiocarbonyl (C=S) groups is 1. The number of fused-ring (bicyclic) bond motifs is 2. The molecule has 2 aromatic carbocycles. The Balaban J connectivity index is 1.66. The minimum absolute atomic E-state index is 0.139. The van der Waals surface area contributed by atoms with Gasteiger partial charge in [-0.15, -0.1) is 0 Å². The average molecular weight is 383 g/mol. The molecule has 2 heterocycles. The molecule has 2 aliphatic rings. The van der Waals surface area contributed by atoms with Crippen molar-refractivity contribution in [2.75, 3.05) is 6.61 Å². The van der Waals surface area contributed by atoms with Crippen molar-refractivity contribution in [1.29, 1.82) is 0 Å². The van der Waals surface area contributed by atoms with E-state index in [-0.39, 0.29) is 5.92 Å². The zero-order chi connectivity index (χ0) is 18.1. The number of aliphatic imine (C=N–C) groups is 2. The largest absolute Gasteiger partial charge is 0.490 e. The van der Waals surface area contributed by atoms with Gasteiger partial charge in [0.15, 0.2) is 5.84 Å². The van der Waals surface area contributed by atoms with Crippen molar-refractivity contribution in [1.82, 2.24) is 0 Å². The van der Waals surface area contributed by atoms with Crippen molar-refractivity contribution in [3.63, 3.8) is 0 Å². The molecule has 0 bridgehead atoms. The van der Waals surface area contributed by atoms with E-state index in [1.165, 1.54) is 0 Å². The van der Waals surface area contributed by atoms with Gasteiger partial charge in [0.1, 0.15) is 23.1 Å². The highest BCUT2D eigenvalue weighted by Gasteiger charge is 2.33. The van der Waals surface area contributed by atoms with Gasteiger partial charge in [-0.05, 0) is 42.3 Å². The fraction of sp³-hybridized carbons (Fsp3) is 0.150. The van der Waals surface area contributed by atoms with Crippen LogP contribution >= 0.6 is 23.8 Å². The van der Waals surface area contributed by atoms with E-state index >= 15 is 0 Å². The van der Waals surface area contributed by atoms with Gasteiger partial charge in [-0.1, -0.05) is 48.6 Å². The van der Waals surface area contributed by atoms with E-state index in [1.54, 1.807) is 12.1 Å². The van der Waals surface area contributed by atoms with E-state index in [4.69, 9.17) is 33.3 Å². The Labute approximate surface area is 161 Å². The second-order valence-electron chi connectivity index (χ2n) is 5.96.